The quantitative estimate of drug-likeness (QED) is 0.602. The molecule has 0 bridgehead atoms. The van der Waals surface area contributed by atoms with Crippen LogP contribution in [-0.2, 0) is 14.2 Å². The van der Waals surface area contributed by atoms with Gasteiger partial charge < -0.3 is 24.8 Å². The van der Waals surface area contributed by atoms with E-state index in [1.54, 1.807) is 7.11 Å². The zero-order valence-electron chi connectivity index (χ0n) is 15.2. The van der Waals surface area contributed by atoms with Crippen LogP contribution in [0.3, 0.4) is 0 Å². The van der Waals surface area contributed by atoms with Crippen molar-refractivity contribution in [3.05, 3.63) is 0 Å². The third kappa shape index (κ3) is 9.79. The molecular weight excluding hydrogens is 296 g/mol. The molecule has 0 heterocycles. The van der Waals surface area contributed by atoms with Crippen molar-refractivity contribution in [2.45, 2.75) is 58.1 Å². The monoisotopic (exact) mass is 330 g/mol. The van der Waals surface area contributed by atoms with Gasteiger partial charge in [-0.05, 0) is 52.5 Å². The molecule has 1 saturated carbocycles. The van der Waals surface area contributed by atoms with E-state index < -0.39 is 5.60 Å². The Bertz CT molecular complexity index is 331. The molecule has 2 unspecified atom stereocenters. The van der Waals surface area contributed by atoms with Gasteiger partial charge in [0.05, 0.1) is 13.2 Å². The molecule has 1 fully saturated rings. The zero-order chi connectivity index (χ0) is 17.1. The molecule has 6 heteroatoms. The number of hydrogen-bond acceptors (Lipinski definition) is 5. The lowest BCUT2D eigenvalue weighted by atomic mass is 10.0. The summed E-state index contributed by atoms with van der Waals surface area (Å²) in [7, 11) is 1.68. The largest absolute Gasteiger partial charge is 0.444 e. The summed E-state index contributed by atoms with van der Waals surface area (Å²) in [5, 5.41) is 6.49. The second-order valence-corrected chi connectivity index (χ2v) is 7.09. The van der Waals surface area contributed by atoms with Gasteiger partial charge in [0.15, 0.2) is 0 Å². The predicted octanol–water partition coefficient (Wildman–Crippen LogP) is 2.32. The van der Waals surface area contributed by atoms with Gasteiger partial charge in [0, 0.05) is 26.3 Å². The predicted molar refractivity (Wildman–Crippen MR) is 90.7 cm³/mol. The number of nitrogens with one attached hydrogen (secondary N) is 2. The lowest BCUT2D eigenvalue weighted by Gasteiger charge is -2.23. The van der Waals surface area contributed by atoms with Crippen molar-refractivity contribution in [2.75, 3.05) is 40.0 Å². The van der Waals surface area contributed by atoms with Crippen LogP contribution in [0.4, 0.5) is 4.79 Å². The number of alkyl carbamates (subject to hydrolysis) is 1. The smallest absolute Gasteiger partial charge is 0.407 e. The van der Waals surface area contributed by atoms with Gasteiger partial charge in [-0.2, -0.15) is 0 Å². The van der Waals surface area contributed by atoms with Gasteiger partial charge in [0.2, 0.25) is 0 Å². The Morgan fingerprint density at radius 3 is 2.65 bits per heavy atom. The van der Waals surface area contributed by atoms with Gasteiger partial charge in [0.1, 0.15) is 5.60 Å². The summed E-state index contributed by atoms with van der Waals surface area (Å²) >= 11 is 0. The van der Waals surface area contributed by atoms with Crippen LogP contribution in [0, 0.1) is 5.92 Å². The topological polar surface area (TPSA) is 68.8 Å². The Hall–Kier alpha value is -0.850. The van der Waals surface area contributed by atoms with E-state index >= 15 is 0 Å². The fourth-order valence-corrected chi connectivity index (χ4v) is 2.78. The molecule has 23 heavy (non-hydrogen) atoms. The standard InChI is InChI=1S/C17H34N2O4/c1-17(2,3)23-16(20)19-13-14-7-5-8-15(14)18-9-6-10-22-12-11-21-4/h14-15,18H,5-13H2,1-4H3,(H,19,20). The highest BCUT2D eigenvalue weighted by Crippen LogP contribution is 2.25. The third-order valence-corrected chi connectivity index (χ3v) is 3.87. The molecule has 136 valence electrons. The summed E-state index contributed by atoms with van der Waals surface area (Å²) in [4.78, 5) is 11.7. The summed E-state index contributed by atoms with van der Waals surface area (Å²) in [5.74, 6) is 0.483. The first kappa shape index (κ1) is 20.2. The maximum absolute atomic E-state index is 11.7. The van der Waals surface area contributed by atoms with E-state index in [0.717, 1.165) is 26.0 Å². The maximum Gasteiger partial charge on any atom is 0.407 e. The second-order valence-electron chi connectivity index (χ2n) is 7.09. The van der Waals surface area contributed by atoms with E-state index in [-0.39, 0.29) is 6.09 Å². The number of amides is 1. The van der Waals surface area contributed by atoms with E-state index in [9.17, 15) is 4.79 Å². The van der Waals surface area contributed by atoms with E-state index in [1.807, 2.05) is 20.8 Å². The number of hydrogen-bond donors (Lipinski definition) is 2. The Morgan fingerprint density at radius 2 is 1.96 bits per heavy atom. The van der Waals surface area contributed by atoms with Crippen molar-refractivity contribution in [3.8, 4) is 0 Å². The number of rotatable bonds is 10. The van der Waals surface area contributed by atoms with E-state index in [2.05, 4.69) is 10.6 Å². The lowest BCUT2D eigenvalue weighted by Crippen LogP contribution is -2.41. The summed E-state index contributed by atoms with van der Waals surface area (Å²) in [5.41, 5.74) is -0.444. The van der Waals surface area contributed by atoms with Crippen LogP contribution < -0.4 is 10.6 Å². The first-order valence-corrected chi connectivity index (χ1v) is 8.69. The molecule has 1 rings (SSSR count). The molecule has 0 aromatic carbocycles. The van der Waals surface area contributed by atoms with Gasteiger partial charge in [0.25, 0.3) is 0 Å². The average molecular weight is 330 g/mol. The Morgan fingerprint density at radius 1 is 1.17 bits per heavy atom. The second kappa shape index (κ2) is 10.8. The van der Waals surface area contributed by atoms with Crippen molar-refractivity contribution < 1.29 is 19.0 Å². The summed E-state index contributed by atoms with van der Waals surface area (Å²) < 4.78 is 15.7. The number of carbonyl (C=O) groups excluding carboxylic acids is 1. The molecule has 0 saturated heterocycles. The van der Waals surface area contributed by atoms with Crippen molar-refractivity contribution in [2.24, 2.45) is 5.92 Å². The Kier molecular flexibility index (Phi) is 9.52. The first-order chi connectivity index (χ1) is 10.9. The fourth-order valence-electron chi connectivity index (χ4n) is 2.78. The zero-order valence-corrected chi connectivity index (χ0v) is 15.2. The molecule has 2 N–H and O–H groups in total. The highest BCUT2D eigenvalue weighted by Gasteiger charge is 2.27. The molecule has 1 aliphatic rings. The normalized spacial score (nSPS) is 21.4. The molecule has 0 radical (unpaired) electrons. The summed E-state index contributed by atoms with van der Waals surface area (Å²) in [6.45, 7) is 9.31. The van der Waals surface area contributed by atoms with Gasteiger partial charge in [-0.3, -0.25) is 0 Å². The molecule has 0 aliphatic heterocycles. The van der Waals surface area contributed by atoms with Crippen molar-refractivity contribution in [3.63, 3.8) is 0 Å². The molecule has 6 nitrogen and oxygen atoms in total. The summed E-state index contributed by atoms with van der Waals surface area (Å²) in [6, 6.07) is 0.476. The SMILES string of the molecule is COCCOCCCNC1CCCC1CNC(=O)OC(C)(C)C. The van der Waals surface area contributed by atoms with Crippen LogP contribution >= 0.6 is 0 Å². The van der Waals surface area contributed by atoms with Crippen LogP contribution in [0.1, 0.15) is 46.5 Å². The van der Waals surface area contributed by atoms with Crippen LogP contribution in [0.2, 0.25) is 0 Å². The van der Waals surface area contributed by atoms with Crippen molar-refractivity contribution in [1.29, 1.82) is 0 Å². The molecule has 1 aliphatic carbocycles. The first-order valence-electron chi connectivity index (χ1n) is 8.69. The number of methoxy groups -OCH3 is 1. The molecule has 1 amide bonds. The van der Waals surface area contributed by atoms with E-state index in [0.29, 0.717) is 31.7 Å². The minimum absolute atomic E-state index is 0.324. The average Bonchev–Trinajstić information content (AvgIpc) is 2.90. The number of carbonyl (C=O) groups is 1. The minimum atomic E-state index is -0.444. The number of ether oxygens (including phenoxy) is 3. The van der Waals surface area contributed by atoms with Crippen molar-refractivity contribution in [1.82, 2.24) is 10.6 Å². The third-order valence-electron chi connectivity index (χ3n) is 3.87. The van der Waals surface area contributed by atoms with Gasteiger partial charge >= 0.3 is 6.09 Å². The van der Waals surface area contributed by atoms with Gasteiger partial charge in [-0.25, -0.2) is 4.79 Å². The highest BCUT2D eigenvalue weighted by molar-refractivity contribution is 5.67. The van der Waals surface area contributed by atoms with E-state index in [1.165, 1.54) is 12.8 Å². The lowest BCUT2D eigenvalue weighted by molar-refractivity contribution is 0.0517. The molecular formula is C17H34N2O4. The van der Waals surface area contributed by atoms with Crippen LogP contribution in [-0.4, -0.2) is 57.8 Å². The van der Waals surface area contributed by atoms with Gasteiger partial charge in [-0.15, -0.1) is 0 Å². The van der Waals surface area contributed by atoms with Crippen LogP contribution in [0.25, 0.3) is 0 Å². The van der Waals surface area contributed by atoms with Crippen LogP contribution in [0.5, 0.6) is 0 Å². The summed E-state index contributed by atoms with van der Waals surface area (Å²) in [6.07, 6.45) is 4.20. The Labute approximate surface area is 140 Å². The van der Waals surface area contributed by atoms with Crippen LogP contribution in [0.15, 0.2) is 0 Å². The minimum Gasteiger partial charge on any atom is -0.444 e. The van der Waals surface area contributed by atoms with Gasteiger partial charge in [-0.1, -0.05) is 6.42 Å². The fraction of sp³-hybridized carbons (Fsp3) is 0.941. The molecule has 0 aromatic rings. The molecule has 0 spiro atoms. The molecule has 0 aromatic heterocycles. The maximum atomic E-state index is 11.7. The Balaban J connectivity index is 2.12. The molecule has 2 atom stereocenters. The highest BCUT2D eigenvalue weighted by atomic mass is 16.6. The van der Waals surface area contributed by atoms with Crippen molar-refractivity contribution >= 4 is 6.09 Å². The van der Waals surface area contributed by atoms with E-state index in [4.69, 9.17) is 14.2 Å².